The SMILES string of the molecule is CN1CCCCC1Cn1c(=O)[nH]c2ccccc21. The number of aromatic nitrogens is 2. The Morgan fingerprint density at radius 2 is 2.17 bits per heavy atom. The van der Waals surface area contributed by atoms with Crippen molar-refractivity contribution in [3.05, 3.63) is 34.7 Å². The van der Waals surface area contributed by atoms with Crippen LogP contribution in [0.25, 0.3) is 11.0 Å². The second-order valence-electron chi connectivity index (χ2n) is 5.19. The summed E-state index contributed by atoms with van der Waals surface area (Å²) in [7, 11) is 2.16. The fraction of sp³-hybridized carbons (Fsp3) is 0.500. The van der Waals surface area contributed by atoms with Crippen LogP contribution in [-0.4, -0.2) is 34.1 Å². The van der Waals surface area contributed by atoms with Gasteiger partial charge < -0.3 is 9.88 Å². The number of rotatable bonds is 2. The minimum Gasteiger partial charge on any atom is -0.306 e. The van der Waals surface area contributed by atoms with Crippen LogP contribution >= 0.6 is 0 Å². The van der Waals surface area contributed by atoms with Crippen molar-refractivity contribution in [3.63, 3.8) is 0 Å². The Balaban J connectivity index is 1.94. The van der Waals surface area contributed by atoms with Crippen LogP contribution in [-0.2, 0) is 6.54 Å². The topological polar surface area (TPSA) is 41.0 Å². The van der Waals surface area contributed by atoms with Gasteiger partial charge in [0.05, 0.1) is 11.0 Å². The molecule has 1 fully saturated rings. The zero-order chi connectivity index (χ0) is 12.5. The molecule has 0 spiro atoms. The number of H-pyrrole nitrogens is 1. The van der Waals surface area contributed by atoms with E-state index in [0.29, 0.717) is 6.04 Å². The first-order chi connectivity index (χ1) is 8.75. The van der Waals surface area contributed by atoms with Gasteiger partial charge in [-0.3, -0.25) is 4.57 Å². The molecule has 1 aliphatic heterocycles. The highest BCUT2D eigenvalue weighted by molar-refractivity contribution is 5.74. The van der Waals surface area contributed by atoms with Crippen LogP contribution in [0.1, 0.15) is 19.3 Å². The van der Waals surface area contributed by atoms with Gasteiger partial charge in [-0.1, -0.05) is 18.6 Å². The molecule has 3 rings (SSSR count). The predicted octanol–water partition coefficient (Wildman–Crippen LogP) is 1.81. The van der Waals surface area contributed by atoms with Gasteiger partial charge in [0.1, 0.15) is 0 Å². The molecule has 1 atom stereocenters. The first kappa shape index (κ1) is 11.5. The summed E-state index contributed by atoms with van der Waals surface area (Å²) >= 11 is 0. The molecule has 1 aromatic carbocycles. The highest BCUT2D eigenvalue weighted by Gasteiger charge is 2.20. The zero-order valence-electron chi connectivity index (χ0n) is 10.7. The third-order valence-electron chi connectivity index (χ3n) is 4.00. The van der Waals surface area contributed by atoms with Crippen molar-refractivity contribution in [2.24, 2.45) is 0 Å². The number of nitrogens with zero attached hydrogens (tertiary/aromatic N) is 2. The number of likely N-dealkylation sites (tertiary alicyclic amines) is 1. The fourth-order valence-electron chi connectivity index (χ4n) is 2.87. The largest absolute Gasteiger partial charge is 0.326 e. The van der Waals surface area contributed by atoms with E-state index in [1.807, 2.05) is 28.8 Å². The minimum absolute atomic E-state index is 0.00942. The summed E-state index contributed by atoms with van der Waals surface area (Å²) in [5.41, 5.74) is 1.96. The molecule has 18 heavy (non-hydrogen) atoms. The number of aromatic amines is 1. The maximum absolute atomic E-state index is 12.0. The van der Waals surface area contributed by atoms with E-state index >= 15 is 0 Å². The highest BCUT2D eigenvalue weighted by atomic mass is 16.1. The molecule has 0 saturated carbocycles. The number of likely N-dealkylation sites (N-methyl/N-ethyl adjacent to an activating group) is 1. The number of hydrogen-bond donors (Lipinski definition) is 1. The molecule has 0 amide bonds. The van der Waals surface area contributed by atoms with Crippen molar-refractivity contribution in [1.82, 2.24) is 14.5 Å². The quantitative estimate of drug-likeness (QED) is 0.876. The molecule has 1 aromatic heterocycles. The summed E-state index contributed by atoms with van der Waals surface area (Å²) in [5, 5.41) is 0. The molecule has 1 saturated heterocycles. The summed E-state index contributed by atoms with van der Waals surface area (Å²) in [6, 6.07) is 8.38. The van der Waals surface area contributed by atoms with Crippen molar-refractivity contribution in [3.8, 4) is 0 Å². The summed E-state index contributed by atoms with van der Waals surface area (Å²) in [5.74, 6) is 0. The third kappa shape index (κ3) is 1.97. The zero-order valence-corrected chi connectivity index (χ0v) is 10.7. The van der Waals surface area contributed by atoms with Crippen LogP contribution in [0.4, 0.5) is 0 Å². The average molecular weight is 245 g/mol. The number of fused-ring (bicyclic) bond motifs is 1. The molecule has 2 heterocycles. The predicted molar refractivity (Wildman–Crippen MR) is 72.8 cm³/mol. The molecule has 0 bridgehead atoms. The van der Waals surface area contributed by atoms with Gasteiger partial charge in [0.25, 0.3) is 0 Å². The van der Waals surface area contributed by atoms with E-state index < -0.39 is 0 Å². The second kappa shape index (κ2) is 4.61. The number of benzene rings is 1. The van der Waals surface area contributed by atoms with Gasteiger partial charge in [0.2, 0.25) is 0 Å². The lowest BCUT2D eigenvalue weighted by atomic mass is 10.0. The van der Waals surface area contributed by atoms with E-state index in [2.05, 4.69) is 16.9 Å². The number of imidazole rings is 1. The van der Waals surface area contributed by atoms with E-state index in [4.69, 9.17) is 0 Å². The molecule has 1 N–H and O–H groups in total. The lowest BCUT2D eigenvalue weighted by Crippen LogP contribution is -2.40. The molecule has 1 unspecified atom stereocenters. The van der Waals surface area contributed by atoms with Gasteiger partial charge in [0.15, 0.2) is 0 Å². The lowest BCUT2D eigenvalue weighted by Gasteiger charge is -2.32. The van der Waals surface area contributed by atoms with Gasteiger partial charge in [-0.25, -0.2) is 4.79 Å². The van der Waals surface area contributed by atoms with Crippen molar-refractivity contribution >= 4 is 11.0 Å². The van der Waals surface area contributed by atoms with Gasteiger partial charge >= 0.3 is 5.69 Å². The maximum Gasteiger partial charge on any atom is 0.326 e. The molecule has 96 valence electrons. The van der Waals surface area contributed by atoms with Gasteiger partial charge in [0, 0.05) is 12.6 Å². The van der Waals surface area contributed by atoms with E-state index in [1.54, 1.807) is 0 Å². The monoisotopic (exact) mass is 245 g/mol. The number of piperidine rings is 1. The van der Waals surface area contributed by atoms with Crippen molar-refractivity contribution in [2.45, 2.75) is 31.8 Å². The number of nitrogens with one attached hydrogen (secondary N) is 1. The van der Waals surface area contributed by atoms with E-state index in [1.165, 1.54) is 19.3 Å². The van der Waals surface area contributed by atoms with E-state index in [-0.39, 0.29) is 5.69 Å². The van der Waals surface area contributed by atoms with Crippen LogP contribution in [0.3, 0.4) is 0 Å². The summed E-state index contributed by atoms with van der Waals surface area (Å²) in [4.78, 5) is 17.3. The van der Waals surface area contributed by atoms with Gasteiger partial charge in [-0.05, 0) is 38.6 Å². The molecule has 2 aromatic rings. The Labute approximate surface area is 106 Å². The van der Waals surface area contributed by atoms with Crippen LogP contribution in [0.2, 0.25) is 0 Å². The molecule has 4 heteroatoms. The Morgan fingerprint density at radius 1 is 1.33 bits per heavy atom. The Morgan fingerprint density at radius 3 is 3.00 bits per heavy atom. The highest BCUT2D eigenvalue weighted by Crippen LogP contribution is 2.18. The molecule has 4 nitrogen and oxygen atoms in total. The summed E-state index contributed by atoms with van der Waals surface area (Å²) in [6.45, 7) is 1.93. The van der Waals surface area contributed by atoms with Gasteiger partial charge in [-0.2, -0.15) is 0 Å². The van der Waals surface area contributed by atoms with Crippen molar-refractivity contribution < 1.29 is 0 Å². The van der Waals surface area contributed by atoms with Crippen LogP contribution < -0.4 is 5.69 Å². The van der Waals surface area contributed by atoms with Gasteiger partial charge in [-0.15, -0.1) is 0 Å². The Kier molecular flexibility index (Phi) is 2.96. The fourth-order valence-corrected chi connectivity index (χ4v) is 2.87. The standard InChI is InChI=1S/C14H19N3O/c1-16-9-5-4-6-11(16)10-17-13-8-3-2-7-12(13)15-14(17)18/h2-3,7-8,11H,4-6,9-10H2,1H3,(H,15,18). The van der Waals surface area contributed by atoms with E-state index in [0.717, 1.165) is 24.1 Å². The maximum atomic E-state index is 12.0. The van der Waals surface area contributed by atoms with Crippen LogP contribution in [0, 0.1) is 0 Å². The molecular weight excluding hydrogens is 226 g/mol. The lowest BCUT2D eigenvalue weighted by molar-refractivity contribution is 0.167. The van der Waals surface area contributed by atoms with E-state index in [9.17, 15) is 4.79 Å². The average Bonchev–Trinajstić information content (AvgIpc) is 2.69. The first-order valence-electron chi connectivity index (χ1n) is 6.63. The molecule has 1 aliphatic rings. The van der Waals surface area contributed by atoms with Crippen molar-refractivity contribution in [2.75, 3.05) is 13.6 Å². The molecular formula is C14H19N3O. The summed E-state index contributed by atoms with van der Waals surface area (Å²) < 4.78 is 1.88. The Bertz CT molecular complexity index is 598. The third-order valence-corrected chi connectivity index (χ3v) is 4.00. The number of hydrogen-bond acceptors (Lipinski definition) is 2. The minimum atomic E-state index is 0.00942. The smallest absolute Gasteiger partial charge is 0.306 e. The van der Waals surface area contributed by atoms with Crippen LogP contribution in [0.5, 0.6) is 0 Å². The second-order valence-corrected chi connectivity index (χ2v) is 5.19. The van der Waals surface area contributed by atoms with Crippen LogP contribution in [0.15, 0.2) is 29.1 Å². The summed E-state index contributed by atoms with van der Waals surface area (Å²) in [6.07, 6.45) is 3.73. The number of para-hydroxylation sites is 2. The van der Waals surface area contributed by atoms with Crippen molar-refractivity contribution in [1.29, 1.82) is 0 Å². The Hall–Kier alpha value is -1.55. The molecule has 0 aliphatic carbocycles. The first-order valence-corrected chi connectivity index (χ1v) is 6.63. The normalized spacial score (nSPS) is 21.5. The molecule has 0 radical (unpaired) electrons.